The van der Waals surface area contributed by atoms with Gasteiger partial charge >= 0.3 is 0 Å². The normalized spacial score (nSPS) is 26.0. The summed E-state index contributed by atoms with van der Waals surface area (Å²) in [5.74, 6) is 0.962. The van der Waals surface area contributed by atoms with Gasteiger partial charge in [0.1, 0.15) is 0 Å². The number of sulfone groups is 1. The summed E-state index contributed by atoms with van der Waals surface area (Å²) in [6.07, 6.45) is 0. The van der Waals surface area contributed by atoms with Crippen molar-refractivity contribution in [3.8, 4) is 0 Å². The SMILES string of the molecule is CN=C(NCCN1CCOC(C)(C)C1)N1CCS(=O)(=O)C(C)(C)C1.I. The summed E-state index contributed by atoms with van der Waals surface area (Å²) in [6, 6.07) is 0. The monoisotopic (exact) mass is 488 g/mol. The first kappa shape index (κ1) is 22.9. The van der Waals surface area contributed by atoms with Crippen LogP contribution in [0.2, 0.25) is 0 Å². The molecule has 0 unspecified atom stereocenters. The number of guanidine groups is 1. The zero-order valence-electron chi connectivity index (χ0n) is 16.0. The van der Waals surface area contributed by atoms with E-state index in [4.69, 9.17) is 4.74 Å². The van der Waals surface area contributed by atoms with Gasteiger partial charge in [-0.1, -0.05) is 0 Å². The van der Waals surface area contributed by atoms with Gasteiger partial charge in [-0.05, 0) is 27.7 Å². The zero-order valence-corrected chi connectivity index (χ0v) is 19.2. The lowest BCUT2D eigenvalue weighted by Gasteiger charge is -2.40. The highest BCUT2D eigenvalue weighted by atomic mass is 127. The molecule has 148 valence electrons. The maximum atomic E-state index is 12.1. The summed E-state index contributed by atoms with van der Waals surface area (Å²) in [6.45, 7) is 13.1. The minimum Gasteiger partial charge on any atom is -0.373 e. The smallest absolute Gasteiger partial charge is 0.193 e. The van der Waals surface area contributed by atoms with Crippen molar-refractivity contribution < 1.29 is 13.2 Å². The lowest BCUT2D eigenvalue weighted by Crippen LogP contribution is -2.58. The average Bonchev–Trinajstić information content (AvgIpc) is 2.46. The van der Waals surface area contributed by atoms with Gasteiger partial charge in [-0.2, -0.15) is 0 Å². The Morgan fingerprint density at radius 2 is 1.88 bits per heavy atom. The molecule has 0 aromatic carbocycles. The molecule has 0 aromatic heterocycles. The molecule has 2 aliphatic rings. The van der Waals surface area contributed by atoms with E-state index in [1.165, 1.54) is 0 Å². The Kier molecular flexibility index (Phi) is 7.98. The molecule has 0 saturated carbocycles. The van der Waals surface area contributed by atoms with Crippen LogP contribution in [-0.4, -0.2) is 93.2 Å². The average molecular weight is 488 g/mol. The fourth-order valence-corrected chi connectivity index (χ4v) is 4.65. The molecule has 2 fully saturated rings. The second-order valence-electron chi connectivity index (χ2n) is 7.86. The third-order valence-corrected chi connectivity index (χ3v) is 7.30. The van der Waals surface area contributed by atoms with Crippen LogP contribution < -0.4 is 5.32 Å². The van der Waals surface area contributed by atoms with Crippen molar-refractivity contribution in [1.29, 1.82) is 0 Å². The molecule has 25 heavy (non-hydrogen) atoms. The van der Waals surface area contributed by atoms with Crippen molar-refractivity contribution in [2.75, 3.05) is 58.7 Å². The van der Waals surface area contributed by atoms with E-state index in [0.717, 1.165) is 38.7 Å². The lowest BCUT2D eigenvalue weighted by molar-refractivity contribution is -0.0852. The molecular weight excluding hydrogens is 455 g/mol. The Morgan fingerprint density at radius 3 is 2.44 bits per heavy atom. The minimum absolute atomic E-state index is 0. The molecule has 0 amide bonds. The van der Waals surface area contributed by atoms with Crippen molar-refractivity contribution in [2.24, 2.45) is 4.99 Å². The number of halogens is 1. The second-order valence-corrected chi connectivity index (χ2v) is 10.6. The number of ether oxygens (including phenoxy) is 1. The van der Waals surface area contributed by atoms with Gasteiger partial charge in [-0.25, -0.2) is 8.42 Å². The molecule has 0 aliphatic carbocycles. The first-order valence-electron chi connectivity index (χ1n) is 8.61. The van der Waals surface area contributed by atoms with E-state index < -0.39 is 14.6 Å². The number of hydrogen-bond donors (Lipinski definition) is 1. The molecule has 2 heterocycles. The first-order chi connectivity index (χ1) is 11.1. The molecule has 1 N–H and O–H groups in total. The van der Waals surface area contributed by atoms with E-state index >= 15 is 0 Å². The summed E-state index contributed by atoms with van der Waals surface area (Å²) >= 11 is 0. The highest BCUT2D eigenvalue weighted by Crippen LogP contribution is 2.23. The van der Waals surface area contributed by atoms with Crippen LogP contribution in [0, 0.1) is 0 Å². The summed E-state index contributed by atoms with van der Waals surface area (Å²) in [5.41, 5.74) is -0.0921. The Balaban J connectivity index is 0.00000312. The highest BCUT2D eigenvalue weighted by molar-refractivity contribution is 14.0. The fraction of sp³-hybridized carbons (Fsp3) is 0.938. The number of rotatable bonds is 3. The van der Waals surface area contributed by atoms with Gasteiger partial charge in [0.15, 0.2) is 15.8 Å². The molecule has 0 radical (unpaired) electrons. The van der Waals surface area contributed by atoms with Crippen molar-refractivity contribution in [1.82, 2.24) is 15.1 Å². The predicted octanol–water partition coefficient (Wildman–Crippen LogP) is 0.800. The Hall–Kier alpha value is -0.130. The van der Waals surface area contributed by atoms with Crippen molar-refractivity contribution >= 4 is 39.8 Å². The lowest BCUT2D eigenvalue weighted by atomic mass is 10.1. The van der Waals surface area contributed by atoms with Crippen LogP contribution in [-0.2, 0) is 14.6 Å². The van der Waals surface area contributed by atoms with Crippen molar-refractivity contribution in [3.63, 3.8) is 0 Å². The zero-order chi connectivity index (χ0) is 18.0. The molecule has 7 nitrogen and oxygen atoms in total. The van der Waals surface area contributed by atoms with Crippen molar-refractivity contribution in [2.45, 2.75) is 38.0 Å². The minimum atomic E-state index is -3.03. The standard InChI is InChI=1S/C16H32N4O3S.HI/c1-15(2)12-19(8-10-23-15)7-6-18-14(17-5)20-9-11-24(21,22)16(3,4)13-20;/h6-13H2,1-5H3,(H,17,18);1H. The summed E-state index contributed by atoms with van der Waals surface area (Å²) in [7, 11) is -1.29. The quantitative estimate of drug-likeness (QED) is 0.360. The second kappa shape index (κ2) is 8.71. The van der Waals surface area contributed by atoms with Gasteiger partial charge in [0.2, 0.25) is 0 Å². The van der Waals surface area contributed by atoms with Gasteiger partial charge in [0.05, 0.1) is 22.7 Å². The topological polar surface area (TPSA) is 74.2 Å². The molecule has 0 atom stereocenters. The molecule has 0 aromatic rings. The Labute approximate surface area is 169 Å². The molecule has 2 saturated heterocycles. The van der Waals surface area contributed by atoms with Crippen molar-refractivity contribution in [3.05, 3.63) is 0 Å². The van der Waals surface area contributed by atoms with Gasteiger partial charge in [0.25, 0.3) is 0 Å². The van der Waals surface area contributed by atoms with Gasteiger partial charge < -0.3 is 15.0 Å². The maximum absolute atomic E-state index is 12.1. The summed E-state index contributed by atoms with van der Waals surface area (Å²) < 4.78 is 29.3. The van der Waals surface area contributed by atoms with E-state index in [-0.39, 0.29) is 35.3 Å². The van der Waals surface area contributed by atoms with Gasteiger partial charge in [0, 0.05) is 46.3 Å². The molecule has 0 spiro atoms. The maximum Gasteiger partial charge on any atom is 0.193 e. The van der Waals surface area contributed by atoms with E-state index in [2.05, 4.69) is 29.1 Å². The third-order valence-electron chi connectivity index (χ3n) is 4.77. The number of hydrogen-bond acceptors (Lipinski definition) is 5. The van der Waals surface area contributed by atoms with Gasteiger partial charge in [-0.3, -0.25) is 9.89 Å². The van der Waals surface area contributed by atoms with E-state index in [0.29, 0.717) is 13.1 Å². The number of nitrogens with one attached hydrogen (secondary N) is 1. The van der Waals surface area contributed by atoms with E-state index in [1.54, 1.807) is 20.9 Å². The largest absolute Gasteiger partial charge is 0.373 e. The number of aliphatic imine (C=N–C) groups is 1. The Bertz CT molecular complexity index is 578. The predicted molar refractivity (Wildman–Crippen MR) is 113 cm³/mol. The van der Waals surface area contributed by atoms with Crippen LogP contribution in [0.25, 0.3) is 0 Å². The molecule has 9 heteroatoms. The number of nitrogens with zero attached hydrogens (tertiary/aromatic N) is 3. The van der Waals surface area contributed by atoms with Gasteiger partial charge in [-0.15, -0.1) is 24.0 Å². The first-order valence-corrected chi connectivity index (χ1v) is 10.3. The van der Waals surface area contributed by atoms with Crippen LogP contribution in [0.1, 0.15) is 27.7 Å². The fourth-order valence-electron chi connectivity index (χ4n) is 3.29. The van der Waals surface area contributed by atoms with E-state index in [9.17, 15) is 8.42 Å². The van der Waals surface area contributed by atoms with Crippen LogP contribution >= 0.6 is 24.0 Å². The Morgan fingerprint density at radius 1 is 1.20 bits per heavy atom. The molecule has 2 aliphatic heterocycles. The molecule has 0 bridgehead atoms. The highest BCUT2D eigenvalue weighted by Gasteiger charge is 2.41. The van der Waals surface area contributed by atoms with E-state index in [1.807, 2.05) is 4.90 Å². The molecule has 2 rings (SSSR count). The molecular formula is C16H33IN4O3S. The summed E-state index contributed by atoms with van der Waals surface area (Å²) in [4.78, 5) is 8.76. The van der Waals surface area contributed by atoms with Crippen LogP contribution in [0.4, 0.5) is 0 Å². The number of morpholine rings is 1. The van der Waals surface area contributed by atoms with Crippen LogP contribution in [0.5, 0.6) is 0 Å². The third kappa shape index (κ3) is 5.93. The summed E-state index contributed by atoms with van der Waals surface area (Å²) in [5, 5.41) is 3.38. The van der Waals surface area contributed by atoms with Crippen LogP contribution in [0.15, 0.2) is 4.99 Å². The van der Waals surface area contributed by atoms with Crippen LogP contribution in [0.3, 0.4) is 0 Å².